The van der Waals surface area contributed by atoms with Crippen LogP contribution >= 0.6 is 0 Å². The third-order valence-corrected chi connectivity index (χ3v) is 8.07. The van der Waals surface area contributed by atoms with Crippen molar-refractivity contribution in [3.63, 3.8) is 0 Å². The van der Waals surface area contributed by atoms with Crippen molar-refractivity contribution in [1.82, 2.24) is 20.1 Å². The molecule has 1 saturated heterocycles. The number of H-pyrrole nitrogens is 1. The number of aromatic amines is 1. The van der Waals surface area contributed by atoms with Crippen molar-refractivity contribution in [3.05, 3.63) is 99.0 Å². The van der Waals surface area contributed by atoms with Crippen LogP contribution in [0.15, 0.2) is 59.9 Å². The highest BCUT2D eigenvalue weighted by Gasteiger charge is 2.30. The molecule has 222 valence electrons. The highest BCUT2D eigenvalue weighted by Crippen LogP contribution is 2.34. The molecule has 0 radical (unpaired) electrons. The van der Waals surface area contributed by atoms with Crippen molar-refractivity contribution in [2.75, 3.05) is 38.6 Å². The minimum Gasteiger partial charge on any atom is -0.367 e. The number of anilines is 1. The molecule has 1 aliphatic heterocycles. The van der Waals surface area contributed by atoms with Gasteiger partial charge < -0.3 is 25.0 Å². The van der Waals surface area contributed by atoms with Crippen LogP contribution in [0.4, 0.5) is 5.69 Å². The SMILES string of the molecule is C=CC(=O)N1CCC(N(CC)c2cc(-c3ccc(CN(C)C)cc3)cc(C(=O)NCc3c(C)cc(C)[nH]c3=O)c2C)C1. The van der Waals surface area contributed by atoms with Gasteiger partial charge in [0.1, 0.15) is 0 Å². The first-order valence-corrected chi connectivity index (χ1v) is 14.6. The van der Waals surface area contributed by atoms with Gasteiger partial charge in [-0.3, -0.25) is 14.4 Å². The van der Waals surface area contributed by atoms with Gasteiger partial charge in [-0.05, 0) is 100 Å². The fraction of sp³-hybridized carbons (Fsp3) is 0.382. The largest absolute Gasteiger partial charge is 0.367 e. The zero-order chi connectivity index (χ0) is 30.6. The number of hydrogen-bond donors (Lipinski definition) is 2. The number of pyridine rings is 1. The number of nitrogens with one attached hydrogen (secondary N) is 2. The molecule has 2 heterocycles. The molecule has 1 aliphatic rings. The molecule has 1 aromatic heterocycles. The Hall–Kier alpha value is -4.17. The van der Waals surface area contributed by atoms with E-state index in [1.807, 2.05) is 51.9 Å². The maximum atomic E-state index is 13.7. The van der Waals surface area contributed by atoms with Crippen molar-refractivity contribution >= 4 is 17.5 Å². The number of carbonyl (C=O) groups excluding carboxylic acids is 2. The number of amides is 2. The standard InChI is InChI=1S/C34H43N5O3/c1-8-32(40)38-15-14-28(21-38)39(9-2)31-18-27(26-12-10-25(11-13-26)20-37(6)7)17-29(24(31)5)33(41)35-19-30-22(3)16-23(4)36-34(30)42/h8,10-13,16-18,28H,1,9,14-15,19-21H2,2-7H3,(H,35,41)(H,36,42). The van der Waals surface area contributed by atoms with E-state index in [1.165, 1.54) is 11.6 Å². The summed E-state index contributed by atoms with van der Waals surface area (Å²) in [7, 11) is 4.09. The number of likely N-dealkylation sites (N-methyl/N-ethyl adjacent to an activating group) is 1. The van der Waals surface area contributed by atoms with E-state index in [0.717, 1.165) is 53.1 Å². The van der Waals surface area contributed by atoms with Crippen LogP contribution in [0.1, 0.15) is 51.7 Å². The Kier molecular flexibility index (Phi) is 9.68. The highest BCUT2D eigenvalue weighted by atomic mass is 16.2. The van der Waals surface area contributed by atoms with Gasteiger partial charge in [0.2, 0.25) is 5.91 Å². The number of benzene rings is 2. The van der Waals surface area contributed by atoms with Crippen LogP contribution in [-0.2, 0) is 17.9 Å². The van der Waals surface area contributed by atoms with Crippen LogP contribution in [0.5, 0.6) is 0 Å². The number of rotatable bonds is 10. The quantitative estimate of drug-likeness (QED) is 0.349. The smallest absolute Gasteiger partial charge is 0.253 e. The molecule has 0 aliphatic carbocycles. The number of hydrogen-bond acceptors (Lipinski definition) is 5. The lowest BCUT2D eigenvalue weighted by molar-refractivity contribution is -0.125. The molecule has 1 atom stereocenters. The Labute approximate surface area is 249 Å². The van der Waals surface area contributed by atoms with E-state index in [4.69, 9.17) is 0 Å². The third-order valence-electron chi connectivity index (χ3n) is 8.07. The fourth-order valence-electron chi connectivity index (χ4n) is 5.88. The minimum absolute atomic E-state index is 0.0571. The van der Waals surface area contributed by atoms with E-state index in [0.29, 0.717) is 24.2 Å². The number of carbonyl (C=O) groups is 2. The Morgan fingerprint density at radius 3 is 2.43 bits per heavy atom. The van der Waals surface area contributed by atoms with Crippen LogP contribution < -0.4 is 15.8 Å². The predicted octanol–water partition coefficient (Wildman–Crippen LogP) is 4.57. The summed E-state index contributed by atoms with van der Waals surface area (Å²) >= 11 is 0. The summed E-state index contributed by atoms with van der Waals surface area (Å²) in [5, 5.41) is 3.00. The first-order valence-electron chi connectivity index (χ1n) is 14.6. The van der Waals surface area contributed by atoms with Crippen molar-refractivity contribution < 1.29 is 9.59 Å². The Morgan fingerprint density at radius 1 is 1.10 bits per heavy atom. The molecule has 3 aromatic rings. The second-order valence-corrected chi connectivity index (χ2v) is 11.4. The van der Waals surface area contributed by atoms with Crippen molar-refractivity contribution in [3.8, 4) is 11.1 Å². The lowest BCUT2D eigenvalue weighted by Crippen LogP contribution is -2.39. The van der Waals surface area contributed by atoms with Crippen LogP contribution in [0.25, 0.3) is 11.1 Å². The van der Waals surface area contributed by atoms with Gasteiger partial charge in [-0.2, -0.15) is 0 Å². The zero-order valence-electron chi connectivity index (χ0n) is 25.7. The molecular weight excluding hydrogens is 526 g/mol. The van der Waals surface area contributed by atoms with E-state index in [1.54, 1.807) is 0 Å². The average Bonchev–Trinajstić information content (AvgIpc) is 3.43. The van der Waals surface area contributed by atoms with Gasteiger partial charge in [0.25, 0.3) is 11.5 Å². The minimum atomic E-state index is -0.231. The number of likely N-dealkylation sites (tertiary alicyclic amines) is 1. The molecule has 2 amide bonds. The number of nitrogens with zero attached hydrogens (tertiary/aromatic N) is 3. The van der Waals surface area contributed by atoms with Gasteiger partial charge in [-0.25, -0.2) is 0 Å². The van der Waals surface area contributed by atoms with Crippen molar-refractivity contribution in [2.45, 2.75) is 53.2 Å². The van der Waals surface area contributed by atoms with Gasteiger partial charge in [-0.1, -0.05) is 30.8 Å². The Bertz CT molecular complexity index is 1520. The maximum absolute atomic E-state index is 13.7. The molecule has 1 fully saturated rings. The number of aryl methyl sites for hydroxylation is 2. The summed E-state index contributed by atoms with van der Waals surface area (Å²) < 4.78 is 0. The average molecular weight is 570 g/mol. The van der Waals surface area contributed by atoms with E-state index in [-0.39, 0.29) is 30.0 Å². The normalized spacial score (nSPS) is 14.7. The van der Waals surface area contributed by atoms with Crippen LogP contribution in [0, 0.1) is 20.8 Å². The zero-order valence-corrected chi connectivity index (χ0v) is 25.7. The molecule has 42 heavy (non-hydrogen) atoms. The number of aromatic nitrogens is 1. The third kappa shape index (κ3) is 6.82. The molecule has 4 rings (SSSR count). The molecule has 8 heteroatoms. The van der Waals surface area contributed by atoms with E-state index in [9.17, 15) is 14.4 Å². The topological polar surface area (TPSA) is 88.8 Å². The Balaban J connectivity index is 1.73. The van der Waals surface area contributed by atoms with Crippen LogP contribution in [0.3, 0.4) is 0 Å². The lowest BCUT2D eigenvalue weighted by Gasteiger charge is -2.32. The summed E-state index contributed by atoms with van der Waals surface area (Å²) in [5.74, 6) is -0.288. The van der Waals surface area contributed by atoms with Gasteiger partial charge in [0, 0.05) is 61.3 Å². The molecule has 2 N–H and O–H groups in total. The van der Waals surface area contributed by atoms with Gasteiger partial charge in [-0.15, -0.1) is 0 Å². The van der Waals surface area contributed by atoms with E-state index < -0.39 is 0 Å². The second-order valence-electron chi connectivity index (χ2n) is 11.4. The van der Waals surface area contributed by atoms with E-state index in [2.05, 4.69) is 63.9 Å². The molecule has 0 bridgehead atoms. The Morgan fingerprint density at radius 2 is 1.81 bits per heavy atom. The lowest BCUT2D eigenvalue weighted by atomic mass is 9.95. The molecule has 0 saturated carbocycles. The van der Waals surface area contributed by atoms with Crippen molar-refractivity contribution in [1.29, 1.82) is 0 Å². The van der Waals surface area contributed by atoms with Gasteiger partial charge >= 0.3 is 0 Å². The molecular formula is C34H43N5O3. The maximum Gasteiger partial charge on any atom is 0.253 e. The van der Waals surface area contributed by atoms with Crippen LogP contribution in [-0.4, -0.2) is 66.4 Å². The summed E-state index contributed by atoms with van der Waals surface area (Å²) in [6.07, 6.45) is 2.21. The highest BCUT2D eigenvalue weighted by molar-refractivity contribution is 5.99. The van der Waals surface area contributed by atoms with Crippen LogP contribution in [0.2, 0.25) is 0 Å². The summed E-state index contributed by atoms with van der Waals surface area (Å²) in [4.78, 5) is 47.7. The summed E-state index contributed by atoms with van der Waals surface area (Å²) in [6.45, 7) is 14.4. The van der Waals surface area contributed by atoms with Gasteiger partial charge in [0.15, 0.2) is 0 Å². The molecule has 2 aromatic carbocycles. The fourth-order valence-corrected chi connectivity index (χ4v) is 5.88. The monoisotopic (exact) mass is 569 g/mol. The summed E-state index contributed by atoms with van der Waals surface area (Å²) in [6, 6.07) is 14.6. The molecule has 0 spiro atoms. The molecule has 1 unspecified atom stereocenters. The van der Waals surface area contributed by atoms with Crippen molar-refractivity contribution in [2.24, 2.45) is 0 Å². The van der Waals surface area contributed by atoms with Gasteiger partial charge in [0.05, 0.1) is 0 Å². The predicted molar refractivity (Wildman–Crippen MR) is 170 cm³/mol. The molecule has 8 nitrogen and oxygen atoms in total. The first kappa shape index (κ1) is 30.8. The summed E-state index contributed by atoms with van der Waals surface area (Å²) in [5.41, 5.74) is 7.57. The van der Waals surface area contributed by atoms with E-state index >= 15 is 0 Å². The first-order chi connectivity index (χ1) is 20.0. The second kappa shape index (κ2) is 13.2.